The number of hydrogen-bond acceptors (Lipinski definition) is 5. The van der Waals surface area contributed by atoms with Crippen LogP contribution in [0, 0.1) is 0 Å². The van der Waals surface area contributed by atoms with E-state index in [0.717, 1.165) is 41.1 Å². The van der Waals surface area contributed by atoms with Crippen molar-refractivity contribution in [1.29, 1.82) is 0 Å². The molecule has 0 saturated carbocycles. The first kappa shape index (κ1) is 15.1. The second-order valence-electron chi connectivity index (χ2n) is 5.99. The highest BCUT2D eigenvalue weighted by molar-refractivity contribution is 5.89. The van der Waals surface area contributed by atoms with Crippen molar-refractivity contribution in [2.45, 2.75) is 6.61 Å². The van der Waals surface area contributed by atoms with E-state index in [4.69, 9.17) is 14.7 Å². The van der Waals surface area contributed by atoms with Crippen LogP contribution in [0.1, 0.15) is 5.56 Å². The number of ether oxygens (including phenoxy) is 1. The standard InChI is InChI=1S/C18H20N4O2/c1-21-6-5-15-16(21)18(22-7-9-24-10-8-22)20-17(19-15)14-4-2-3-13(11-14)12-23/h2-6,11,23H,7-10,12H2,1H3. The largest absolute Gasteiger partial charge is 0.392 e. The van der Waals surface area contributed by atoms with E-state index in [9.17, 15) is 5.11 Å². The Balaban J connectivity index is 1.87. The summed E-state index contributed by atoms with van der Waals surface area (Å²) in [6, 6.07) is 9.75. The fourth-order valence-corrected chi connectivity index (χ4v) is 3.10. The van der Waals surface area contributed by atoms with E-state index in [1.54, 1.807) is 0 Å². The zero-order chi connectivity index (χ0) is 16.5. The van der Waals surface area contributed by atoms with Crippen LogP contribution in [-0.2, 0) is 18.4 Å². The number of aliphatic hydroxyl groups excluding tert-OH is 1. The Morgan fingerprint density at radius 3 is 2.79 bits per heavy atom. The van der Waals surface area contributed by atoms with Crippen LogP contribution in [0.5, 0.6) is 0 Å². The first-order valence-electron chi connectivity index (χ1n) is 8.12. The quantitative estimate of drug-likeness (QED) is 0.798. The Labute approximate surface area is 140 Å². The lowest BCUT2D eigenvalue weighted by Gasteiger charge is -2.28. The van der Waals surface area contributed by atoms with Gasteiger partial charge in [-0.2, -0.15) is 0 Å². The minimum atomic E-state index is 0.0116. The Morgan fingerprint density at radius 2 is 2.00 bits per heavy atom. The van der Waals surface area contributed by atoms with Crippen molar-refractivity contribution in [3.8, 4) is 11.4 Å². The first-order chi connectivity index (χ1) is 11.8. The van der Waals surface area contributed by atoms with E-state index < -0.39 is 0 Å². The number of anilines is 1. The lowest BCUT2D eigenvalue weighted by molar-refractivity contribution is 0.122. The molecule has 4 rings (SSSR count). The van der Waals surface area contributed by atoms with Gasteiger partial charge in [-0.3, -0.25) is 0 Å². The molecule has 0 unspecified atom stereocenters. The number of morpholine rings is 1. The normalized spacial score (nSPS) is 15.2. The molecule has 124 valence electrons. The first-order valence-corrected chi connectivity index (χ1v) is 8.12. The molecule has 3 aromatic rings. The number of nitrogens with zero attached hydrogens (tertiary/aromatic N) is 4. The fourth-order valence-electron chi connectivity index (χ4n) is 3.10. The van der Waals surface area contributed by atoms with Crippen molar-refractivity contribution in [1.82, 2.24) is 14.5 Å². The zero-order valence-corrected chi connectivity index (χ0v) is 13.6. The molecule has 1 aliphatic rings. The molecule has 0 aliphatic carbocycles. The third-order valence-corrected chi connectivity index (χ3v) is 4.38. The second-order valence-corrected chi connectivity index (χ2v) is 5.99. The average Bonchev–Trinajstić information content (AvgIpc) is 3.03. The van der Waals surface area contributed by atoms with Gasteiger partial charge in [-0.05, 0) is 17.7 Å². The van der Waals surface area contributed by atoms with Crippen LogP contribution < -0.4 is 4.90 Å². The summed E-state index contributed by atoms with van der Waals surface area (Å²) < 4.78 is 7.53. The van der Waals surface area contributed by atoms with Gasteiger partial charge in [-0.15, -0.1) is 0 Å². The third kappa shape index (κ3) is 2.64. The molecule has 3 heterocycles. The van der Waals surface area contributed by atoms with E-state index in [2.05, 4.69) is 9.47 Å². The van der Waals surface area contributed by atoms with Crippen LogP contribution in [-0.4, -0.2) is 45.9 Å². The van der Waals surface area contributed by atoms with Crippen molar-refractivity contribution in [3.63, 3.8) is 0 Å². The van der Waals surface area contributed by atoms with Gasteiger partial charge in [0.15, 0.2) is 11.6 Å². The second kappa shape index (κ2) is 6.22. The molecule has 1 aromatic carbocycles. The highest BCUT2D eigenvalue weighted by Crippen LogP contribution is 2.28. The summed E-state index contributed by atoms with van der Waals surface area (Å²) in [4.78, 5) is 11.8. The van der Waals surface area contributed by atoms with E-state index in [0.29, 0.717) is 19.0 Å². The summed E-state index contributed by atoms with van der Waals surface area (Å²) in [5, 5.41) is 9.38. The van der Waals surface area contributed by atoms with E-state index >= 15 is 0 Å². The van der Waals surface area contributed by atoms with Gasteiger partial charge in [0.1, 0.15) is 5.52 Å². The topological polar surface area (TPSA) is 63.4 Å². The van der Waals surface area contributed by atoms with Crippen LogP contribution in [0.3, 0.4) is 0 Å². The summed E-state index contributed by atoms with van der Waals surface area (Å²) >= 11 is 0. The Kier molecular flexibility index (Phi) is 3.92. The number of hydrogen-bond donors (Lipinski definition) is 1. The molecular weight excluding hydrogens is 304 g/mol. The SMILES string of the molecule is Cn1ccc2nc(-c3cccc(CO)c3)nc(N3CCOCC3)c21. The number of aromatic nitrogens is 3. The third-order valence-electron chi connectivity index (χ3n) is 4.38. The minimum absolute atomic E-state index is 0.0116. The Bertz CT molecular complexity index is 869. The smallest absolute Gasteiger partial charge is 0.162 e. The number of rotatable bonds is 3. The maximum Gasteiger partial charge on any atom is 0.162 e. The predicted molar refractivity (Wildman–Crippen MR) is 92.9 cm³/mol. The van der Waals surface area contributed by atoms with Crippen molar-refractivity contribution in [2.24, 2.45) is 7.05 Å². The van der Waals surface area contributed by atoms with E-state index in [1.807, 2.05) is 43.6 Å². The lowest BCUT2D eigenvalue weighted by atomic mass is 10.1. The molecule has 0 amide bonds. The molecule has 2 aromatic heterocycles. The van der Waals surface area contributed by atoms with Crippen LogP contribution >= 0.6 is 0 Å². The van der Waals surface area contributed by atoms with Crippen LogP contribution in [0.25, 0.3) is 22.4 Å². The van der Waals surface area contributed by atoms with Gasteiger partial charge >= 0.3 is 0 Å². The number of fused-ring (bicyclic) bond motifs is 1. The number of benzene rings is 1. The van der Waals surface area contributed by atoms with Crippen molar-refractivity contribution < 1.29 is 9.84 Å². The molecular formula is C18H20N4O2. The van der Waals surface area contributed by atoms with Crippen LogP contribution in [0.2, 0.25) is 0 Å². The average molecular weight is 324 g/mol. The molecule has 1 N–H and O–H groups in total. The lowest BCUT2D eigenvalue weighted by Crippen LogP contribution is -2.37. The van der Waals surface area contributed by atoms with Gasteiger partial charge in [0.2, 0.25) is 0 Å². The molecule has 0 bridgehead atoms. The maximum atomic E-state index is 9.38. The highest BCUT2D eigenvalue weighted by atomic mass is 16.5. The van der Waals surface area contributed by atoms with E-state index in [1.165, 1.54) is 0 Å². The van der Waals surface area contributed by atoms with Gasteiger partial charge in [0.05, 0.1) is 25.3 Å². The van der Waals surface area contributed by atoms with Gasteiger partial charge < -0.3 is 19.3 Å². The number of aliphatic hydroxyl groups is 1. The molecule has 24 heavy (non-hydrogen) atoms. The zero-order valence-electron chi connectivity index (χ0n) is 13.6. The Morgan fingerprint density at radius 1 is 1.17 bits per heavy atom. The van der Waals surface area contributed by atoms with Gasteiger partial charge in [-0.25, -0.2) is 9.97 Å². The monoisotopic (exact) mass is 324 g/mol. The van der Waals surface area contributed by atoms with Gasteiger partial charge in [0, 0.05) is 31.9 Å². The van der Waals surface area contributed by atoms with Gasteiger partial charge in [0.25, 0.3) is 0 Å². The van der Waals surface area contributed by atoms with Gasteiger partial charge in [-0.1, -0.05) is 18.2 Å². The van der Waals surface area contributed by atoms with Crippen molar-refractivity contribution in [3.05, 3.63) is 42.1 Å². The molecule has 0 spiro atoms. The predicted octanol–water partition coefficient (Wildman–Crippen LogP) is 1.96. The number of aryl methyl sites for hydroxylation is 1. The Hall–Kier alpha value is -2.44. The summed E-state index contributed by atoms with van der Waals surface area (Å²) in [6.07, 6.45) is 2.01. The maximum absolute atomic E-state index is 9.38. The molecule has 6 heteroatoms. The van der Waals surface area contributed by atoms with E-state index in [-0.39, 0.29) is 6.61 Å². The summed E-state index contributed by atoms with van der Waals surface area (Å²) in [7, 11) is 2.02. The van der Waals surface area contributed by atoms with Crippen LogP contribution in [0.15, 0.2) is 36.5 Å². The molecule has 6 nitrogen and oxygen atoms in total. The van der Waals surface area contributed by atoms with Crippen molar-refractivity contribution >= 4 is 16.9 Å². The molecule has 1 aliphatic heterocycles. The summed E-state index contributed by atoms with van der Waals surface area (Å²) in [6.45, 7) is 3.09. The highest BCUT2D eigenvalue weighted by Gasteiger charge is 2.19. The minimum Gasteiger partial charge on any atom is -0.392 e. The van der Waals surface area contributed by atoms with Crippen molar-refractivity contribution in [2.75, 3.05) is 31.2 Å². The molecule has 0 atom stereocenters. The molecule has 0 radical (unpaired) electrons. The summed E-state index contributed by atoms with van der Waals surface area (Å²) in [5.41, 5.74) is 3.75. The summed E-state index contributed by atoms with van der Waals surface area (Å²) in [5.74, 6) is 1.63. The molecule has 1 saturated heterocycles. The molecule has 1 fully saturated rings. The van der Waals surface area contributed by atoms with Crippen LogP contribution in [0.4, 0.5) is 5.82 Å². The fraction of sp³-hybridized carbons (Fsp3) is 0.333.